The van der Waals surface area contributed by atoms with Gasteiger partial charge in [-0.1, -0.05) is 121 Å². The smallest absolute Gasteiger partial charge is 0.288 e. The van der Waals surface area contributed by atoms with Crippen molar-refractivity contribution in [2.45, 2.75) is 101 Å². The molecule has 0 spiro atoms. The Labute approximate surface area is 285 Å². The van der Waals surface area contributed by atoms with Gasteiger partial charge in [-0.25, -0.2) is 0 Å². The number of ether oxygens (including phenoxy) is 1. The lowest BCUT2D eigenvalue weighted by Crippen LogP contribution is -2.71. The highest BCUT2D eigenvalue weighted by molar-refractivity contribution is 9.09. The van der Waals surface area contributed by atoms with Gasteiger partial charge in [-0.15, -0.1) is 0 Å². The summed E-state index contributed by atoms with van der Waals surface area (Å²) in [5.74, 6) is 2.09. The van der Waals surface area contributed by atoms with Crippen LogP contribution in [0.4, 0.5) is 0 Å². The Kier molecular flexibility index (Phi) is 8.20. The molecule has 1 N–H and O–H groups in total. The van der Waals surface area contributed by atoms with Gasteiger partial charge < -0.3 is 14.3 Å². The molecule has 3 nitrogen and oxygen atoms in total. The second-order valence-corrected chi connectivity index (χ2v) is 20.5. The third kappa shape index (κ3) is 4.81. The second-order valence-electron chi connectivity index (χ2n) is 16.0. The summed E-state index contributed by atoms with van der Waals surface area (Å²) in [6.07, 6.45) is 11.2. The molecule has 244 valence electrons. The van der Waals surface area contributed by atoms with Gasteiger partial charge in [0.1, 0.15) is 0 Å². The number of fused-ring (bicyclic) bond motifs is 5. The molecule has 0 radical (unpaired) electrons. The molecule has 5 aliphatic rings. The summed E-state index contributed by atoms with van der Waals surface area (Å²) in [6.45, 7) is 5.90. The van der Waals surface area contributed by atoms with Crippen molar-refractivity contribution < 1.29 is 14.3 Å². The summed E-state index contributed by atoms with van der Waals surface area (Å²) >= 11 is 4.12. The highest BCUT2D eigenvalue weighted by atomic mass is 79.9. The summed E-state index contributed by atoms with van der Waals surface area (Å²) in [5.41, 5.74) is -0.381. The molecule has 46 heavy (non-hydrogen) atoms. The van der Waals surface area contributed by atoms with Crippen LogP contribution in [0.5, 0.6) is 0 Å². The predicted octanol–water partition coefficient (Wildman–Crippen LogP) is 7.36. The zero-order valence-electron chi connectivity index (χ0n) is 27.6. The van der Waals surface area contributed by atoms with Crippen LogP contribution in [0.2, 0.25) is 0 Å². The number of alkyl halides is 1. The zero-order valence-corrected chi connectivity index (χ0v) is 30.2. The molecule has 0 amide bonds. The fourth-order valence-electron chi connectivity index (χ4n) is 11.8. The third-order valence-corrected chi connectivity index (χ3v) is 19.6. The van der Waals surface area contributed by atoms with Gasteiger partial charge in [0.05, 0.1) is 11.7 Å². The molecule has 4 aliphatic carbocycles. The summed E-state index contributed by atoms with van der Waals surface area (Å²) < 4.78 is 14.3. The lowest BCUT2D eigenvalue weighted by Gasteiger charge is -2.66. The minimum Gasteiger partial charge on any atom is -0.401 e. The van der Waals surface area contributed by atoms with Crippen molar-refractivity contribution in [3.05, 3.63) is 91.0 Å². The number of hydrogen-bond acceptors (Lipinski definition) is 3. The Bertz CT molecular complexity index is 1400. The molecule has 0 bridgehead atoms. The Morgan fingerprint density at radius 2 is 1.30 bits per heavy atom. The van der Waals surface area contributed by atoms with Gasteiger partial charge in [-0.3, -0.25) is 0 Å². The van der Waals surface area contributed by atoms with E-state index in [0.29, 0.717) is 28.0 Å². The van der Waals surface area contributed by atoms with E-state index < -0.39 is 13.9 Å². The number of benzene rings is 3. The molecule has 0 aromatic heterocycles. The molecule has 3 aromatic rings. The first-order chi connectivity index (χ1) is 22.3. The first kappa shape index (κ1) is 31.5. The van der Waals surface area contributed by atoms with E-state index in [0.717, 1.165) is 45.1 Å². The van der Waals surface area contributed by atoms with Gasteiger partial charge in [0, 0.05) is 17.5 Å². The van der Waals surface area contributed by atoms with Gasteiger partial charge in [-0.05, 0) is 114 Å². The SMILES string of the molecule is C[C@]12CC[C@H]3[C@@H](C[C@](O)([C@H]4CCCO4)C4C[C@H](O[Si](c5ccccc5)(c5ccccc5)c5ccccc5)CC[C@@]43C)[C@@H]1CC[C@H]2Br. The maximum absolute atomic E-state index is 13.2. The van der Waals surface area contributed by atoms with E-state index >= 15 is 0 Å². The standard InChI is InChI=1S/C41H51BrO3Si/c1-39-24-22-29(45-46(30-13-6-3-7-14-30,31-15-8-4-9-16-31)32-17-10-5-11-18-32)27-36(39)41(43,38-19-12-26-44-38)28-33-34-20-21-37(42)40(34,2)25-23-35(33)39/h3-11,13-18,29,33-38,43H,12,19-28H2,1-2H3/t29-,33+,34+,35+,36?,37-,38-,39-,40+,41-/m1/s1. The van der Waals surface area contributed by atoms with Gasteiger partial charge >= 0.3 is 0 Å². The summed E-state index contributed by atoms with van der Waals surface area (Å²) in [4.78, 5) is 0.600. The molecular formula is C41H51BrO3Si. The minimum atomic E-state index is -2.86. The van der Waals surface area contributed by atoms with Crippen LogP contribution in [0.25, 0.3) is 0 Å². The maximum Gasteiger partial charge on any atom is 0.288 e. The highest BCUT2D eigenvalue weighted by Gasteiger charge is 2.67. The van der Waals surface area contributed by atoms with Crippen molar-refractivity contribution in [1.82, 2.24) is 0 Å². The van der Waals surface area contributed by atoms with Crippen LogP contribution in [0.1, 0.15) is 78.1 Å². The average molecular weight is 700 g/mol. The quantitative estimate of drug-likeness (QED) is 0.166. The monoisotopic (exact) mass is 698 g/mol. The summed E-state index contributed by atoms with van der Waals surface area (Å²) in [5, 5.41) is 17.1. The lowest BCUT2D eigenvalue weighted by molar-refractivity contribution is -0.244. The van der Waals surface area contributed by atoms with Crippen LogP contribution < -0.4 is 15.6 Å². The fraction of sp³-hybridized carbons (Fsp3) is 0.561. The lowest BCUT2D eigenvalue weighted by atomic mass is 9.41. The van der Waals surface area contributed by atoms with Crippen molar-refractivity contribution in [2.24, 2.45) is 34.5 Å². The second kappa shape index (κ2) is 12.0. The number of hydrogen-bond donors (Lipinski definition) is 1. The van der Waals surface area contributed by atoms with E-state index in [9.17, 15) is 5.11 Å². The number of rotatable bonds is 6. The van der Waals surface area contributed by atoms with Crippen LogP contribution in [0.15, 0.2) is 91.0 Å². The van der Waals surface area contributed by atoms with Crippen LogP contribution in [0.3, 0.4) is 0 Å². The maximum atomic E-state index is 13.2. The molecule has 8 rings (SSSR count). The van der Waals surface area contributed by atoms with Crippen LogP contribution in [-0.2, 0) is 9.16 Å². The Balaban J connectivity index is 1.20. The van der Waals surface area contributed by atoms with Crippen LogP contribution >= 0.6 is 15.9 Å². The Morgan fingerprint density at radius 1 is 0.739 bits per heavy atom. The Morgan fingerprint density at radius 3 is 1.87 bits per heavy atom. The van der Waals surface area contributed by atoms with E-state index in [1.165, 1.54) is 41.2 Å². The summed E-state index contributed by atoms with van der Waals surface area (Å²) in [6, 6.07) is 33.0. The average Bonchev–Trinajstić information content (AvgIpc) is 3.74. The predicted molar refractivity (Wildman–Crippen MR) is 193 cm³/mol. The first-order valence-corrected chi connectivity index (χ1v) is 20.9. The molecule has 4 saturated carbocycles. The highest BCUT2D eigenvalue weighted by Crippen LogP contribution is 2.69. The van der Waals surface area contributed by atoms with Crippen LogP contribution in [0, 0.1) is 34.5 Å². The number of halogens is 1. The molecular weight excluding hydrogens is 648 g/mol. The molecule has 5 fully saturated rings. The van der Waals surface area contributed by atoms with Crippen molar-refractivity contribution in [3.8, 4) is 0 Å². The zero-order chi connectivity index (χ0) is 31.6. The molecule has 1 unspecified atom stereocenters. The third-order valence-electron chi connectivity index (χ3n) is 14.0. The molecule has 3 aromatic carbocycles. The summed E-state index contributed by atoms with van der Waals surface area (Å²) in [7, 11) is -2.86. The van der Waals surface area contributed by atoms with Gasteiger partial charge in [0.15, 0.2) is 0 Å². The first-order valence-electron chi connectivity index (χ1n) is 18.1. The van der Waals surface area contributed by atoms with Gasteiger partial charge in [0.25, 0.3) is 8.32 Å². The molecule has 5 heteroatoms. The molecule has 10 atom stereocenters. The van der Waals surface area contributed by atoms with E-state index in [4.69, 9.17) is 9.16 Å². The van der Waals surface area contributed by atoms with Gasteiger partial charge in [-0.2, -0.15) is 0 Å². The Hall–Kier alpha value is -1.76. The molecule has 1 heterocycles. The molecule has 1 saturated heterocycles. The largest absolute Gasteiger partial charge is 0.401 e. The normalized spacial score (nSPS) is 40.6. The van der Waals surface area contributed by atoms with E-state index in [2.05, 4.69) is 121 Å². The van der Waals surface area contributed by atoms with E-state index in [-0.39, 0.29) is 23.5 Å². The van der Waals surface area contributed by atoms with Crippen molar-refractivity contribution >= 4 is 39.8 Å². The minimum absolute atomic E-state index is 0.0646. The topological polar surface area (TPSA) is 38.7 Å². The van der Waals surface area contributed by atoms with E-state index in [1.807, 2.05) is 0 Å². The number of aliphatic hydroxyl groups is 1. The van der Waals surface area contributed by atoms with Crippen molar-refractivity contribution in [3.63, 3.8) is 0 Å². The van der Waals surface area contributed by atoms with Gasteiger partial charge in [0.2, 0.25) is 0 Å². The fourth-order valence-corrected chi connectivity index (χ4v) is 16.7. The van der Waals surface area contributed by atoms with Crippen LogP contribution in [-0.4, -0.2) is 42.7 Å². The van der Waals surface area contributed by atoms with Crippen molar-refractivity contribution in [1.29, 1.82) is 0 Å². The molecule has 1 aliphatic heterocycles. The van der Waals surface area contributed by atoms with Crippen molar-refractivity contribution in [2.75, 3.05) is 6.61 Å². The van der Waals surface area contributed by atoms with E-state index in [1.54, 1.807) is 0 Å².